The van der Waals surface area contributed by atoms with E-state index in [1.165, 1.54) is 0 Å². The number of rotatable bonds is 16. The van der Waals surface area contributed by atoms with Crippen LogP contribution < -0.4 is 30.1 Å². The molecule has 10 nitrogen and oxygen atoms in total. The number of aromatic hydroxyl groups is 2. The first-order valence-electron chi connectivity index (χ1n) is 29.8. The third-order valence-electron chi connectivity index (χ3n) is 16.0. The molecule has 8 bridgehead atoms. The van der Waals surface area contributed by atoms with Gasteiger partial charge in [-0.15, -0.1) is 0 Å². The highest BCUT2D eigenvalue weighted by atomic mass is 16.5. The van der Waals surface area contributed by atoms with E-state index in [2.05, 4.69) is 132 Å². The van der Waals surface area contributed by atoms with Gasteiger partial charge in [0.25, 0.3) is 11.1 Å². The summed E-state index contributed by atoms with van der Waals surface area (Å²) in [7, 11) is 0. The van der Waals surface area contributed by atoms with Crippen LogP contribution in [0.25, 0.3) is 0 Å². The van der Waals surface area contributed by atoms with Crippen LogP contribution >= 0.6 is 0 Å². The first kappa shape index (κ1) is 60.6. The van der Waals surface area contributed by atoms with Crippen LogP contribution in [-0.2, 0) is 73.6 Å². The minimum Gasteiger partial charge on any atom is -0.507 e. The minimum atomic E-state index is -0.275. The predicted molar refractivity (Wildman–Crippen MR) is 338 cm³/mol. The van der Waals surface area contributed by atoms with E-state index in [0.717, 1.165) is 77.9 Å². The zero-order valence-corrected chi connectivity index (χ0v) is 51.6. The van der Waals surface area contributed by atoms with Gasteiger partial charge in [0.05, 0.1) is 13.2 Å². The van der Waals surface area contributed by atoms with Crippen LogP contribution in [0, 0.1) is 0 Å². The van der Waals surface area contributed by atoms with Crippen molar-refractivity contribution in [1.29, 1.82) is 0 Å². The van der Waals surface area contributed by atoms with Gasteiger partial charge in [0.15, 0.2) is 11.5 Å². The van der Waals surface area contributed by atoms with Crippen molar-refractivity contribution in [3.8, 4) is 34.5 Å². The van der Waals surface area contributed by atoms with Crippen molar-refractivity contribution in [3.05, 3.63) is 244 Å². The highest BCUT2D eigenvalue weighted by Gasteiger charge is 2.29. The summed E-state index contributed by atoms with van der Waals surface area (Å²) < 4.78 is 29.5. The average molecular weight is 1130 g/mol. The number of pyridine rings is 2. The van der Waals surface area contributed by atoms with Gasteiger partial charge in [0.2, 0.25) is 0 Å². The summed E-state index contributed by atoms with van der Waals surface area (Å²) in [5, 5.41) is 25.8. The highest BCUT2D eigenvalue weighted by Crippen LogP contribution is 2.44. The zero-order valence-electron chi connectivity index (χ0n) is 51.6. The summed E-state index contributed by atoms with van der Waals surface area (Å²) in [5.41, 5.74) is 11.7. The fraction of sp³-hybridized carbons (Fsp3) is 0.378. The molecular weight excluding hydrogens is 1040 g/mol. The highest BCUT2D eigenvalue weighted by molar-refractivity contribution is 5.59. The Morgan fingerprint density at radius 2 is 0.667 bits per heavy atom. The van der Waals surface area contributed by atoms with Gasteiger partial charge in [-0.25, -0.2) is 0 Å². The fourth-order valence-electron chi connectivity index (χ4n) is 10.9. The molecule has 0 saturated heterocycles. The number of phenolic OH excluding ortho intramolecular Hbond substituents is 2. The summed E-state index contributed by atoms with van der Waals surface area (Å²) in [6.07, 6.45) is 6.09. The summed E-state index contributed by atoms with van der Waals surface area (Å²) in [4.78, 5) is 27.5. The number of aromatic nitrogens is 2. The smallest absolute Gasteiger partial charge is 0.292 e. The van der Waals surface area contributed by atoms with E-state index in [1.54, 1.807) is 33.7 Å². The van der Waals surface area contributed by atoms with Crippen LogP contribution in [0.2, 0.25) is 0 Å². The van der Waals surface area contributed by atoms with Crippen molar-refractivity contribution in [3.63, 3.8) is 0 Å². The molecule has 2 heterocycles. The van der Waals surface area contributed by atoms with E-state index in [-0.39, 0.29) is 44.3 Å². The monoisotopic (exact) mass is 1130 g/mol. The predicted octanol–water partition coefficient (Wildman–Crippen LogP) is 15.4. The van der Waals surface area contributed by atoms with E-state index in [0.29, 0.717) is 101 Å². The number of phenols is 2. The Morgan fingerprint density at radius 1 is 0.381 bits per heavy atom. The van der Waals surface area contributed by atoms with E-state index < -0.39 is 0 Å². The van der Waals surface area contributed by atoms with Gasteiger partial charge in [-0.3, -0.25) is 9.59 Å². The molecule has 1 aliphatic carbocycles. The van der Waals surface area contributed by atoms with Crippen LogP contribution in [0.3, 0.4) is 0 Å². The summed E-state index contributed by atoms with van der Waals surface area (Å²) >= 11 is 0. The van der Waals surface area contributed by atoms with Gasteiger partial charge in [0, 0.05) is 51.2 Å². The van der Waals surface area contributed by atoms with Crippen molar-refractivity contribution < 1.29 is 29.2 Å². The number of benzene rings is 6. The summed E-state index contributed by atoms with van der Waals surface area (Å²) in [5.74, 6) is 2.44. The molecule has 8 aromatic rings. The maximum atomic E-state index is 13.7. The number of fused-ring (bicyclic) bond motifs is 8. The van der Waals surface area contributed by atoms with Gasteiger partial charge in [-0.1, -0.05) is 192 Å². The third kappa shape index (κ3) is 14.7. The van der Waals surface area contributed by atoms with Crippen LogP contribution in [0.5, 0.6) is 34.5 Å². The maximum absolute atomic E-state index is 13.7. The molecule has 10 heteroatoms. The topological polar surface area (TPSA) is 121 Å². The van der Waals surface area contributed by atoms with E-state index >= 15 is 0 Å². The number of hydrogen-bond donors (Lipinski definition) is 2. The molecule has 84 heavy (non-hydrogen) atoms. The second kappa shape index (κ2) is 25.1. The molecule has 0 saturated carbocycles. The molecule has 0 aliphatic heterocycles. The molecule has 0 amide bonds. The van der Waals surface area contributed by atoms with Crippen molar-refractivity contribution in [2.75, 3.05) is 13.2 Å². The Morgan fingerprint density at radius 3 is 0.952 bits per heavy atom. The van der Waals surface area contributed by atoms with Crippen molar-refractivity contribution in [2.24, 2.45) is 0 Å². The van der Waals surface area contributed by atoms with Crippen molar-refractivity contribution >= 4 is 0 Å². The lowest BCUT2D eigenvalue weighted by Gasteiger charge is -2.28. The van der Waals surface area contributed by atoms with E-state index in [9.17, 15) is 19.8 Å². The molecule has 0 radical (unpaired) electrons. The number of nitrogens with zero attached hydrogens (tertiary/aromatic N) is 2. The Kier molecular flexibility index (Phi) is 18.1. The molecule has 6 aromatic carbocycles. The number of ether oxygens (including phenoxy) is 4. The second-order valence-electron chi connectivity index (χ2n) is 26.9. The molecule has 9 rings (SSSR count). The van der Waals surface area contributed by atoms with Gasteiger partial charge in [-0.2, -0.15) is 0 Å². The van der Waals surface area contributed by atoms with Crippen molar-refractivity contribution in [1.82, 2.24) is 9.13 Å². The van der Waals surface area contributed by atoms with Crippen LogP contribution in [0.1, 0.15) is 174 Å². The van der Waals surface area contributed by atoms with E-state index in [4.69, 9.17) is 18.9 Å². The lowest BCUT2D eigenvalue weighted by Crippen LogP contribution is -2.22. The Bertz CT molecular complexity index is 3390. The summed E-state index contributed by atoms with van der Waals surface area (Å²) in [6, 6.07) is 44.3. The molecule has 0 unspecified atom stereocenters. The molecule has 2 N–H and O–H groups in total. The van der Waals surface area contributed by atoms with Crippen LogP contribution in [0.4, 0.5) is 0 Å². The quantitative estimate of drug-likeness (QED) is 0.0918. The maximum Gasteiger partial charge on any atom is 0.292 e. The van der Waals surface area contributed by atoms with Crippen LogP contribution in [0.15, 0.2) is 155 Å². The van der Waals surface area contributed by atoms with Gasteiger partial charge in [0.1, 0.15) is 36.2 Å². The molecule has 0 atom stereocenters. The van der Waals surface area contributed by atoms with Crippen LogP contribution in [-0.4, -0.2) is 32.6 Å². The molecular formula is C74H86N2O8. The SMILES string of the molecule is CC(C)(C)c1cc2c(O)c(c1)Cc1cc(C(C)(C)C)cc(c1OCCCn1cccc(OCc3ccccc3)c1=O)Cc1cc(C(C)(C)C)cc(c1O)Cc1cc(C(C)(C)C)cc(c1OCCCn1cccc(OCc3ccccc3)c1=O)C2. The van der Waals surface area contributed by atoms with Crippen molar-refractivity contribution in [2.45, 2.75) is 170 Å². The number of aryl methyl sites for hydroxylation is 2. The molecule has 0 fully saturated rings. The van der Waals surface area contributed by atoms with Gasteiger partial charge in [-0.05, 0) is 137 Å². The standard InChI is InChI=1S/C74H86N2O8/c1-71(2,3)59-39-51-35-55-43-61(73(7,8)9)45-57(67(55)81-33-21-31-75-29-19-27-63(69(75)79)83-47-49-23-15-13-16-24-49)37-53-41-60(72(4,5)6)42-54(66(53)78)38-58-46-62(74(10,11)12)44-56(36-52(40-59)65(51)77)68(58)82-34-22-32-76-30-20-28-64(70(76)80)84-48-50-25-17-14-18-26-50/h13-20,23-30,39-46,77-78H,21-22,31-38,47-48H2,1-12H3. The molecule has 2 aromatic heterocycles. The molecule has 0 spiro atoms. The molecule has 1 aliphatic rings. The molecule has 440 valence electrons. The number of hydrogen-bond acceptors (Lipinski definition) is 8. The Labute approximate surface area is 497 Å². The average Bonchev–Trinajstić information content (AvgIpc) is 3.06. The Hall–Kier alpha value is -7.98. The van der Waals surface area contributed by atoms with Gasteiger partial charge >= 0.3 is 0 Å². The second-order valence-corrected chi connectivity index (χ2v) is 26.9. The fourth-order valence-corrected chi connectivity index (χ4v) is 10.9. The van der Waals surface area contributed by atoms with E-state index in [1.807, 2.05) is 72.8 Å². The third-order valence-corrected chi connectivity index (χ3v) is 16.0. The minimum absolute atomic E-state index is 0.201. The largest absolute Gasteiger partial charge is 0.507 e. The Balaban J connectivity index is 1.13. The first-order chi connectivity index (χ1) is 39.8. The first-order valence-corrected chi connectivity index (χ1v) is 29.8. The van der Waals surface area contributed by atoms with Gasteiger partial charge < -0.3 is 38.3 Å². The normalized spacial score (nSPS) is 12.9. The summed E-state index contributed by atoms with van der Waals surface area (Å²) in [6.45, 7) is 28.5. The lowest BCUT2D eigenvalue weighted by molar-refractivity contribution is 0.287. The lowest BCUT2D eigenvalue weighted by atomic mass is 9.79. The zero-order chi connectivity index (χ0) is 60.1.